The minimum absolute atomic E-state index is 0.561. The van der Waals surface area contributed by atoms with Crippen LogP contribution in [0.5, 0.6) is 0 Å². The molecule has 0 atom stereocenters. The Bertz CT molecular complexity index is 565. The van der Waals surface area contributed by atoms with Crippen LogP contribution in [-0.2, 0) is 13.6 Å². The minimum Gasteiger partial charge on any atom is -0.366 e. The van der Waals surface area contributed by atoms with Crippen LogP contribution in [0, 0.1) is 13.8 Å². The molecule has 0 aliphatic heterocycles. The molecule has 0 aliphatic rings. The summed E-state index contributed by atoms with van der Waals surface area (Å²) < 4.78 is 1.96. The van der Waals surface area contributed by atoms with Crippen molar-refractivity contribution in [2.75, 3.05) is 11.1 Å². The Kier molecular flexibility index (Phi) is 3.41. The van der Waals surface area contributed by atoms with Crippen molar-refractivity contribution in [1.29, 1.82) is 0 Å². The standard InChI is InChI=1S/C13H17N5/c1-9-4-5-15-12(6-9)16-7-11-8-18(3)10(2)17-13(11)14/h4-6,8,14H,7H2,1-3H3,(H,15,16)/p+1. The molecule has 94 valence electrons. The maximum Gasteiger partial charge on any atom is 0.297 e. The lowest BCUT2D eigenvalue weighted by Crippen LogP contribution is -2.34. The quantitative estimate of drug-likeness (QED) is 0.794. The molecule has 0 amide bonds. The monoisotopic (exact) mass is 244 g/mol. The molecule has 18 heavy (non-hydrogen) atoms. The van der Waals surface area contributed by atoms with E-state index in [1.54, 1.807) is 6.20 Å². The number of hydrogen-bond donors (Lipinski definition) is 2. The fourth-order valence-corrected chi connectivity index (χ4v) is 1.67. The van der Waals surface area contributed by atoms with Gasteiger partial charge >= 0.3 is 0 Å². The first-order valence-electron chi connectivity index (χ1n) is 5.84. The van der Waals surface area contributed by atoms with Crippen molar-refractivity contribution < 1.29 is 4.57 Å². The Morgan fingerprint density at radius 2 is 2.17 bits per heavy atom. The molecule has 0 bridgehead atoms. The molecule has 0 saturated carbocycles. The van der Waals surface area contributed by atoms with Gasteiger partial charge in [0.25, 0.3) is 5.82 Å². The molecule has 0 aliphatic carbocycles. The fraction of sp³-hybridized carbons (Fsp3) is 0.308. The second kappa shape index (κ2) is 5.00. The van der Waals surface area contributed by atoms with Gasteiger partial charge in [-0.25, -0.2) is 9.55 Å². The Labute approximate surface area is 107 Å². The van der Waals surface area contributed by atoms with Crippen molar-refractivity contribution >= 4 is 11.6 Å². The highest BCUT2D eigenvalue weighted by molar-refractivity contribution is 5.42. The van der Waals surface area contributed by atoms with Gasteiger partial charge in [0.2, 0.25) is 5.82 Å². The van der Waals surface area contributed by atoms with Gasteiger partial charge in [-0.3, -0.25) is 0 Å². The molecule has 0 radical (unpaired) electrons. The minimum atomic E-state index is 0.561. The molecule has 5 nitrogen and oxygen atoms in total. The average Bonchev–Trinajstić information content (AvgIpc) is 2.32. The van der Waals surface area contributed by atoms with E-state index in [1.165, 1.54) is 5.56 Å². The molecule has 3 N–H and O–H groups in total. The Morgan fingerprint density at radius 3 is 2.89 bits per heavy atom. The summed E-state index contributed by atoms with van der Waals surface area (Å²) in [4.78, 5) is 8.53. The maximum absolute atomic E-state index is 5.90. The number of pyridine rings is 1. The molecule has 2 aromatic heterocycles. The molecule has 0 fully saturated rings. The zero-order chi connectivity index (χ0) is 13.1. The molecular formula is C13H18N5+. The van der Waals surface area contributed by atoms with E-state index >= 15 is 0 Å². The summed E-state index contributed by atoms with van der Waals surface area (Å²) in [5.74, 6) is 2.30. The lowest BCUT2D eigenvalue weighted by molar-refractivity contribution is -0.681. The molecule has 2 aromatic rings. The largest absolute Gasteiger partial charge is 0.366 e. The number of aromatic nitrogens is 3. The molecule has 0 saturated heterocycles. The number of anilines is 2. The molecule has 2 heterocycles. The lowest BCUT2D eigenvalue weighted by atomic mass is 10.2. The van der Waals surface area contributed by atoms with E-state index in [1.807, 2.05) is 43.8 Å². The van der Waals surface area contributed by atoms with E-state index in [2.05, 4.69) is 15.3 Å². The summed E-state index contributed by atoms with van der Waals surface area (Å²) in [7, 11) is 1.95. The zero-order valence-corrected chi connectivity index (χ0v) is 10.9. The lowest BCUT2D eigenvalue weighted by Gasteiger charge is -2.06. The molecular weight excluding hydrogens is 226 g/mol. The van der Waals surface area contributed by atoms with Crippen LogP contribution in [-0.4, -0.2) is 9.97 Å². The van der Waals surface area contributed by atoms with Crippen molar-refractivity contribution in [1.82, 2.24) is 9.97 Å². The summed E-state index contributed by atoms with van der Waals surface area (Å²) in [5.41, 5.74) is 8.04. The Hall–Kier alpha value is -2.17. The molecule has 0 aromatic carbocycles. The number of hydrogen-bond acceptors (Lipinski definition) is 4. The van der Waals surface area contributed by atoms with Gasteiger partial charge in [-0.1, -0.05) is 0 Å². The first-order chi connectivity index (χ1) is 8.56. The second-order valence-electron chi connectivity index (χ2n) is 4.38. The van der Waals surface area contributed by atoms with E-state index in [4.69, 9.17) is 5.73 Å². The summed E-state index contributed by atoms with van der Waals surface area (Å²) in [6.07, 6.45) is 3.77. The number of nitrogens with two attached hydrogens (primary N) is 1. The van der Waals surface area contributed by atoms with Gasteiger partial charge in [-0.05, 0) is 29.6 Å². The van der Waals surface area contributed by atoms with Crippen LogP contribution in [0.4, 0.5) is 11.6 Å². The molecule has 0 unspecified atom stereocenters. The Balaban J connectivity index is 2.13. The van der Waals surface area contributed by atoms with Crippen molar-refractivity contribution in [3.05, 3.63) is 41.5 Å². The first kappa shape index (κ1) is 12.3. The van der Waals surface area contributed by atoms with Crippen molar-refractivity contribution in [3.8, 4) is 0 Å². The van der Waals surface area contributed by atoms with Crippen LogP contribution in [0.15, 0.2) is 24.5 Å². The summed E-state index contributed by atoms with van der Waals surface area (Å²) in [6, 6.07) is 3.96. The highest BCUT2D eigenvalue weighted by atomic mass is 15.1. The van der Waals surface area contributed by atoms with Gasteiger partial charge in [0.1, 0.15) is 12.0 Å². The van der Waals surface area contributed by atoms with E-state index < -0.39 is 0 Å². The van der Waals surface area contributed by atoms with E-state index in [-0.39, 0.29) is 0 Å². The van der Waals surface area contributed by atoms with Gasteiger partial charge in [0.05, 0.1) is 19.2 Å². The normalized spacial score (nSPS) is 10.4. The third-order valence-electron chi connectivity index (χ3n) is 2.85. The third-order valence-corrected chi connectivity index (χ3v) is 2.85. The fourth-order valence-electron chi connectivity index (χ4n) is 1.67. The second-order valence-corrected chi connectivity index (χ2v) is 4.38. The van der Waals surface area contributed by atoms with Gasteiger partial charge < -0.3 is 11.1 Å². The van der Waals surface area contributed by atoms with Crippen LogP contribution in [0.3, 0.4) is 0 Å². The van der Waals surface area contributed by atoms with Gasteiger partial charge in [-0.2, -0.15) is 0 Å². The number of rotatable bonds is 3. The summed E-state index contributed by atoms with van der Waals surface area (Å²) in [6.45, 7) is 4.58. The first-order valence-corrected chi connectivity index (χ1v) is 5.84. The molecule has 0 spiro atoms. The van der Waals surface area contributed by atoms with Crippen LogP contribution < -0.4 is 15.6 Å². The van der Waals surface area contributed by atoms with Crippen LogP contribution in [0.2, 0.25) is 0 Å². The van der Waals surface area contributed by atoms with Crippen molar-refractivity contribution in [3.63, 3.8) is 0 Å². The summed E-state index contributed by atoms with van der Waals surface area (Å²) in [5, 5.41) is 3.24. The van der Waals surface area contributed by atoms with E-state index in [9.17, 15) is 0 Å². The summed E-state index contributed by atoms with van der Waals surface area (Å²) >= 11 is 0. The number of aryl methyl sites for hydroxylation is 3. The molecule has 2 rings (SSSR count). The predicted molar refractivity (Wildman–Crippen MR) is 70.9 cm³/mol. The zero-order valence-electron chi connectivity index (χ0n) is 10.9. The van der Waals surface area contributed by atoms with Crippen LogP contribution in [0.25, 0.3) is 0 Å². The van der Waals surface area contributed by atoms with E-state index in [0.717, 1.165) is 17.2 Å². The van der Waals surface area contributed by atoms with E-state index in [0.29, 0.717) is 12.4 Å². The Morgan fingerprint density at radius 1 is 1.39 bits per heavy atom. The predicted octanol–water partition coefficient (Wildman–Crippen LogP) is 1.11. The maximum atomic E-state index is 5.90. The van der Waals surface area contributed by atoms with Gasteiger partial charge in [-0.15, -0.1) is 0 Å². The number of nitrogens with zero attached hydrogens (tertiary/aromatic N) is 3. The van der Waals surface area contributed by atoms with Crippen molar-refractivity contribution in [2.45, 2.75) is 20.4 Å². The smallest absolute Gasteiger partial charge is 0.297 e. The highest BCUT2D eigenvalue weighted by Gasteiger charge is 2.11. The number of nitrogens with one attached hydrogen (secondary N) is 1. The highest BCUT2D eigenvalue weighted by Crippen LogP contribution is 2.10. The van der Waals surface area contributed by atoms with Crippen molar-refractivity contribution in [2.24, 2.45) is 7.05 Å². The van der Waals surface area contributed by atoms with Crippen LogP contribution >= 0.6 is 0 Å². The van der Waals surface area contributed by atoms with Gasteiger partial charge in [0.15, 0.2) is 0 Å². The van der Waals surface area contributed by atoms with Gasteiger partial charge in [0, 0.05) is 13.1 Å². The third kappa shape index (κ3) is 2.74. The number of nitrogen functional groups attached to an aromatic ring is 1. The van der Waals surface area contributed by atoms with Crippen LogP contribution in [0.1, 0.15) is 17.0 Å². The average molecular weight is 244 g/mol. The topological polar surface area (TPSA) is 67.7 Å². The SMILES string of the molecule is Cc1ccnc(NCc2c[n+](C)c(C)nc2N)c1. The molecule has 5 heteroatoms.